The molecule has 1 aromatic carbocycles. The Morgan fingerprint density at radius 1 is 0.871 bits per heavy atom. The fourth-order valence-electron chi connectivity index (χ4n) is 3.01. The molecule has 0 unspecified atom stereocenters. The summed E-state index contributed by atoms with van der Waals surface area (Å²) in [5.41, 5.74) is -2.08. The van der Waals surface area contributed by atoms with E-state index in [0.29, 0.717) is 25.8 Å². The van der Waals surface area contributed by atoms with E-state index in [1.165, 1.54) is 6.07 Å². The van der Waals surface area contributed by atoms with Crippen LogP contribution in [0.4, 0.5) is 30.7 Å². The van der Waals surface area contributed by atoms with Crippen molar-refractivity contribution >= 4 is 0 Å². The summed E-state index contributed by atoms with van der Waals surface area (Å²) in [4.78, 5) is 3.56. The van der Waals surface area contributed by atoms with Crippen LogP contribution in [-0.4, -0.2) is 29.9 Å². The van der Waals surface area contributed by atoms with Crippen molar-refractivity contribution in [3.05, 3.63) is 53.2 Å². The topological polar surface area (TPSA) is 45.1 Å². The van der Waals surface area contributed by atoms with Gasteiger partial charge in [0.05, 0.1) is 30.6 Å². The van der Waals surface area contributed by atoms with Crippen molar-refractivity contribution in [2.24, 2.45) is 0 Å². The standard InChI is InChI=1S/C21H23F7N2O/c22-9-3-1-2-4-10-29-18(13-31)15-11-17(30-19(12-15)21(26,27)28)14-5-7-16(8-6-14)20(23,24)25/h5-8,11-12,18,29,31H,1-4,9-10,13H2/t18-/m0/s1. The monoisotopic (exact) mass is 452 g/mol. The first-order valence-corrected chi connectivity index (χ1v) is 9.73. The van der Waals surface area contributed by atoms with Gasteiger partial charge in [-0.05, 0) is 49.2 Å². The van der Waals surface area contributed by atoms with Crippen molar-refractivity contribution in [1.82, 2.24) is 10.3 Å². The Labute approximate surface area is 175 Å². The maximum Gasteiger partial charge on any atom is 0.433 e. The lowest BCUT2D eigenvalue weighted by molar-refractivity contribution is -0.141. The molecular formula is C21H23F7N2O. The van der Waals surface area contributed by atoms with Gasteiger partial charge in [-0.25, -0.2) is 4.98 Å². The number of halogens is 7. The number of benzene rings is 1. The van der Waals surface area contributed by atoms with Gasteiger partial charge in [-0.1, -0.05) is 25.0 Å². The molecule has 0 fully saturated rings. The van der Waals surface area contributed by atoms with Gasteiger partial charge in [-0.2, -0.15) is 26.3 Å². The molecule has 31 heavy (non-hydrogen) atoms. The number of aliphatic hydroxyl groups is 1. The minimum Gasteiger partial charge on any atom is -0.394 e. The summed E-state index contributed by atoms with van der Waals surface area (Å²) in [5.74, 6) is 0. The molecule has 0 aliphatic heterocycles. The van der Waals surface area contributed by atoms with Crippen molar-refractivity contribution in [3.63, 3.8) is 0 Å². The number of nitrogens with zero attached hydrogens (tertiary/aromatic N) is 1. The highest BCUT2D eigenvalue weighted by Crippen LogP contribution is 2.34. The molecule has 172 valence electrons. The first kappa shape index (κ1) is 25.1. The maximum atomic E-state index is 13.4. The molecule has 10 heteroatoms. The first-order chi connectivity index (χ1) is 14.6. The Kier molecular flexibility index (Phi) is 8.81. The summed E-state index contributed by atoms with van der Waals surface area (Å²) in [6, 6.07) is 4.97. The molecule has 2 rings (SSSR count). The second-order valence-electron chi connectivity index (χ2n) is 7.04. The van der Waals surface area contributed by atoms with E-state index < -0.39 is 42.9 Å². The molecule has 0 saturated heterocycles. The number of aliphatic hydroxyl groups excluding tert-OH is 1. The van der Waals surface area contributed by atoms with Crippen LogP contribution in [-0.2, 0) is 12.4 Å². The van der Waals surface area contributed by atoms with Gasteiger partial charge in [0.2, 0.25) is 0 Å². The SMILES string of the molecule is OC[C@H](NCCCCCCF)c1cc(-c2ccc(C(F)(F)F)cc2)nc(C(F)(F)F)c1. The van der Waals surface area contributed by atoms with Gasteiger partial charge in [-0.15, -0.1) is 0 Å². The Hall–Kier alpha value is -2.20. The minimum atomic E-state index is -4.77. The molecule has 0 amide bonds. The van der Waals surface area contributed by atoms with Crippen molar-refractivity contribution in [1.29, 1.82) is 0 Å². The number of hydrogen-bond donors (Lipinski definition) is 2. The molecule has 0 saturated carbocycles. The van der Waals surface area contributed by atoms with Crippen LogP contribution in [0.5, 0.6) is 0 Å². The van der Waals surface area contributed by atoms with E-state index in [-0.39, 0.29) is 16.8 Å². The molecule has 1 heterocycles. The number of aromatic nitrogens is 1. The molecule has 0 aliphatic carbocycles. The summed E-state index contributed by atoms with van der Waals surface area (Å²) < 4.78 is 90.4. The van der Waals surface area contributed by atoms with Gasteiger partial charge in [-0.3, -0.25) is 4.39 Å². The maximum absolute atomic E-state index is 13.4. The van der Waals surface area contributed by atoms with E-state index in [1.54, 1.807) is 0 Å². The van der Waals surface area contributed by atoms with E-state index >= 15 is 0 Å². The molecule has 2 aromatic rings. The highest BCUT2D eigenvalue weighted by atomic mass is 19.4. The van der Waals surface area contributed by atoms with Crippen LogP contribution in [0.3, 0.4) is 0 Å². The average molecular weight is 452 g/mol. The average Bonchev–Trinajstić information content (AvgIpc) is 2.72. The van der Waals surface area contributed by atoms with E-state index in [1.807, 2.05) is 0 Å². The van der Waals surface area contributed by atoms with Crippen LogP contribution in [0, 0.1) is 0 Å². The number of nitrogens with one attached hydrogen (secondary N) is 1. The zero-order valence-corrected chi connectivity index (χ0v) is 16.5. The zero-order chi connectivity index (χ0) is 23.1. The fourth-order valence-corrected chi connectivity index (χ4v) is 3.01. The van der Waals surface area contributed by atoms with Gasteiger partial charge in [0.15, 0.2) is 0 Å². The molecular weight excluding hydrogens is 429 g/mol. The number of pyridine rings is 1. The van der Waals surface area contributed by atoms with Gasteiger partial charge >= 0.3 is 12.4 Å². The molecule has 1 aromatic heterocycles. The lowest BCUT2D eigenvalue weighted by Crippen LogP contribution is -2.26. The predicted molar refractivity (Wildman–Crippen MR) is 102 cm³/mol. The summed E-state index contributed by atoms with van der Waals surface area (Å²) in [7, 11) is 0. The highest BCUT2D eigenvalue weighted by Gasteiger charge is 2.34. The largest absolute Gasteiger partial charge is 0.433 e. The normalized spacial score (nSPS) is 13.4. The molecule has 2 N–H and O–H groups in total. The Bertz CT molecular complexity index is 820. The smallest absolute Gasteiger partial charge is 0.394 e. The molecule has 3 nitrogen and oxygen atoms in total. The van der Waals surface area contributed by atoms with Crippen LogP contribution in [0.2, 0.25) is 0 Å². The van der Waals surface area contributed by atoms with Crippen molar-refractivity contribution in [2.75, 3.05) is 19.8 Å². The number of alkyl halides is 7. The summed E-state index contributed by atoms with van der Waals surface area (Å²) in [6.07, 6.45) is -6.83. The van der Waals surface area contributed by atoms with Gasteiger partial charge in [0.25, 0.3) is 0 Å². The summed E-state index contributed by atoms with van der Waals surface area (Å²) >= 11 is 0. The van der Waals surface area contributed by atoms with Crippen LogP contribution >= 0.6 is 0 Å². The van der Waals surface area contributed by atoms with Gasteiger partial charge in [0, 0.05) is 5.56 Å². The molecule has 0 spiro atoms. The Morgan fingerprint density at radius 3 is 2.06 bits per heavy atom. The lowest BCUT2D eigenvalue weighted by atomic mass is 10.0. The summed E-state index contributed by atoms with van der Waals surface area (Å²) in [6.45, 7) is -0.494. The fraction of sp³-hybridized carbons (Fsp3) is 0.476. The minimum absolute atomic E-state index is 0.0864. The lowest BCUT2D eigenvalue weighted by Gasteiger charge is -2.19. The second kappa shape index (κ2) is 10.9. The highest BCUT2D eigenvalue weighted by molar-refractivity contribution is 5.61. The predicted octanol–water partition coefficient (Wildman–Crippen LogP) is 5.94. The van der Waals surface area contributed by atoms with Crippen molar-refractivity contribution in [3.8, 4) is 11.3 Å². The van der Waals surface area contributed by atoms with Crippen LogP contribution in [0.25, 0.3) is 11.3 Å². The van der Waals surface area contributed by atoms with Gasteiger partial charge < -0.3 is 10.4 Å². The van der Waals surface area contributed by atoms with Crippen molar-refractivity contribution in [2.45, 2.75) is 44.1 Å². The molecule has 0 radical (unpaired) electrons. The molecule has 1 atom stereocenters. The third-order valence-corrected chi connectivity index (χ3v) is 4.68. The zero-order valence-electron chi connectivity index (χ0n) is 16.5. The van der Waals surface area contributed by atoms with Gasteiger partial charge in [0.1, 0.15) is 5.69 Å². The van der Waals surface area contributed by atoms with Crippen LogP contribution in [0.15, 0.2) is 36.4 Å². The van der Waals surface area contributed by atoms with E-state index in [0.717, 1.165) is 36.8 Å². The van der Waals surface area contributed by atoms with Crippen LogP contribution < -0.4 is 5.32 Å². The first-order valence-electron chi connectivity index (χ1n) is 9.73. The Morgan fingerprint density at radius 2 is 1.52 bits per heavy atom. The number of rotatable bonds is 10. The van der Waals surface area contributed by atoms with E-state index in [2.05, 4.69) is 10.3 Å². The molecule has 0 aliphatic rings. The number of unbranched alkanes of at least 4 members (excludes halogenated alkanes) is 3. The number of hydrogen-bond acceptors (Lipinski definition) is 3. The second-order valence-corrected chi connectivity index (χ2v) is 7.04. The van der Waals surface area contributed by atoms with E-state index in [9.17, 15) is 35.8 Å². The van der Waals surface area contributed by atoms with E-state index in [4.69, 9.17) is 0 Å². The third kappa shape index (κ3) is 7.46. The quantitative estimate of drug-likeness (QED) is 0.347. The summed E-state index contributed by atoms with van der Waals surface area (Å²) in [5, 5.41) is 12.6. The van der Waals surface area contributed by atoms with Crippen molar-refractivity contribution < 1.29 is 35.8 Å². The van der Waals surface area contributed by atoms with Crippen LogP contribution in [0.1, 0.15) is 48.5 Å². The molecule has 0 bridgehead atoms. The Balaban J connectivity index is 2.28. The third-order valence-electron chi connectivity index (χ3n) is 4.68.